The molecular weight excluding hydrogens is 399 g/mol. The molecule has 0 atom stereocenters. The Labute approximate surface area is 164 Å². The largest absolute Gasteiger partial charge is 0.283 e. The van der Waals surface area contributed by atoms with Crippen LogP contribution in [0, 0.1) is 0 Å². The maximum absolute atomic E-state index is 12.8. The highest BCUT2D eigenvalue weighted by Gasteiger charge is 2.12. The van der Waals surface area contributed by atoms with Crippen LogP contribution in [-0.2, 0) is 12.3 Å². The van der Waals surface area contributed by atoms with Gasteiger partial charge in [-0.1, -0.05) is 58.7 Å². The van der Waals surface area contributed by atoms with Crippen LogP contribution in [0.2, 0.25) is 15.1 Å². The first-order valence-corrected chi connectivity index (χ1v) is 9.49. The highest BCUT2D eigenvalue weighted by Crippen LogP contribution is 2.28. The molecule has 2 aromatic carbocycles. The van der Waals surface area contributed by atoms with Crippen LogP contribution >= 0.6 is 46.6 Å². The van der Waals surface area contributed by atoms with Gasteiger partial charge in [-0.05, 0) is 35.9 Å². The third-order valence-electron chi connectivity index (χ3n) is 3.56. The highest BCUT2D eigenvalue weighted by atomic mass is 35.5. The molecule has 0 aliphatic rings. The molecule has 0 radical (unpaired) electrons. The third-order valence-corrected chi connectivity index (χ3v) is 5.41. The number of hydrogen-bond acceptors (Lipinski definition) is 3. The molecule has 0 spiro atoms. The Morgan fingerprint density at radius 1 is 1.12 bits per heavy atom. The molecule has 0 aliphatic carbocycles. The summed E-state index contributed by atoms with van der Waals surface area (Å²) in [4.78, 5) is 17.4. The van der Waals surface area contributed by atoms with Gasteiger partial charge in [0.2, 0.25) is 0 Å². The zero-order chi connectivity index (χ0) is 18.0. The van der Waals surface area contributed by atoms with Crippen LogP contribution in [0.5, 0.6) is 0 Å². The van der Waals surface area contributed by atoms with Gasteiger partial charge in [-0.25, -0.2) is 4.98 Å². The van der Waals surface area contributed by atoms with Crippen molar-refractivity contribution >= 4 is 57.5 Å². The number of benzene rings is 2. The average molecular weight is 412 g/mol. The summed E-state index contributed by atoms with van der Waals surface area (Å²) in [6.07, 6.45) is 1.67. The van der Waals surface area contributed by atoms with Crippen molar-refractivity contribution in [2.75, 3.05) is 0 Å². The SMILES string of the molecule is C=CCn1c(SCc2ccc(Cl)cc2Cl)nc2ccc(Cl)cc2c1=O. The van der Waals surface area contributed by atoms with E-state index in [2.05, 4.69) is 11.6 Å². The summed E-state index contributed by atoms with van der Waals surface area (Å²) in [6.45, 7) is 4.09. The van der Waals surface area contributed by atoms with Crippen molar-refractivity contribution in [3.05, 3.63) is 80.0 Å². The molecule has 0 unspecified atom stereocenters. The van der Waals surface area contributed by atoms with E-state index in [0.717, 1.165) is 5.56 Å². The summed E-state index contributed by atoms with van der Waals surface area (Å²) in [5, 5.41) is 2.77. The number of aromatic nitrogens is 2. The van der Waals surface area contributed by atoms with E-state index in [9.17, 15) is 4.79 Å². The Bertz CT molecular complexity index is 1020. The second-order valence-corrected chi connectivity index (χ2v) is 7.51. The van der Waals surface area contributed by atoms with Crippen molar-refractivity contribution < 1.29 is 0 Å². The van der Waals surface area contributed by atoms with Gasteiger partial charge in [-0.3, -0.25) is 9.36 Å². The molecular formula is C18H13Cl3N2OS. The Morgan fingerprint density at radius 3 is 2.56 bits per heavy atom. The van der Waals surface area contributed by atoms with Gasteiger partial charge in [-0.15, -0.1) is 6.58 Å². The van der Waals surface area contributed by atoms with Crippen molar-refractivity contribution in [1.29, 1.82) is 0 Å². The van der Waals surface area contributed by atoms with Crippen molar-refractivity contribution in [3.8, 4) is 0 Å². The highest BCUT2D eigenvalue weighted by molar-refractivity contribution is 7.98. The van der Waals surface area contributed by atoms with Gasteiger partial charge in [0.05, 0.1) is 10.9 Å². The van der Waals surface area contributed by atoms with Gasteiger partial charge in [0.25, 0.3) is 5.56 Å². The molecule has 0 saturated carbocycles. The van der Waals surface area contributed by atoms with Crippen LogP contribution in [-0.4, -0.2) is 9.55 Å². The number of fused-ring (bicyclic) bond motifs is 1. The maximum atomic E-state index is 12.8. The number of halogens is 3. The van der Waals surface area contributed by atoms with E-state index >= 15 is 0 Å². The quantitative estimate of drug-likeness (QED) is 0.301. The van der Waals surface area contributed by atoms with Crippen LogP contribution < -0.4 is 5.56 Å². The fourth-order valence-corrected chi connectivity index (χ4v) is 4.09. The minimum absolute atomic E-state index is 0.142. The van der Waals surface area contributed by atoms with Gasteiger partial charge < -0.3 is 0 Å². The molecule has 1 aromatic heterocycles. The van der Waals surface area contributed by atoms with Crippen molar-refractivity contribution in [3.63, 3.8) is 0 Å². The van der Waals surface area contributed by atoms with Crippen LogP contribution in [0.25, 0.3) is 10.9 Å². The van der Waals surface area contributed by atoms with Crippen LogP contribution in [0.1, 0.15) is 5.56 Å². The summed E-state index contributed by atoms with van der Waals surface area (Å²) < 4.78 is 1.58. The van der Waals surface area contributed by atoms with E-state index in [0.29, 0.717) is 43.4 Å². The Balaban J connectivity index is 2.02. The molecule has 0 aliphatic heterocycles. The smallest absolute Gasteiger partial charge is 0.262 e. The van der Waals surface area contributed by atoms with E-state index in [1.807, 2.05) is 6.07 Å². The average Bonchev–Trinajstić information content (AvgIpc) is 2.58. The topological polar surface area (TPSA) is 34.9 Å². The predicted octanol–water partition coefficient (Wildman–Crippen LogP) is 5.84. The molecule has 0 amide bonds. The van der Waals surface area contributed by atoms with Crippen molar-refractivity contribution in [2.45, 2.75) is 17.5 Å². The molecule has 0 bridgehead atoms. The Hall–Kier alpha value is -1.46. The molecule has 128 valence electrons. The lowest BCUT2D eigenvalue weighted by Gasteiger charge is -2.12. The van der Waals surface area contributed by atoms with Gasteiger partial charge in [0, 0.05) is 27.4 Å². The zero-order valence-corrected chi connectivity index (χ0v) is 16.1. The molecule has 0 fully saturated rings. The molecule has 1 heterocycles. The normalized spacial score (nSPS) is 11.0. The van der Waals surface area contributed by atoms with Crippen LogP contribution in [0.3, 0.4) is 0 Å². The minimum atomic E-state index is -0.142. The first-order chi connectivity index (χ1) is 12.0. The van der Waals surface area contributed by atoms with Crippen molar-refractivity contribution in [1.82, 2.24) is 9.55 Å². The molecule has 3 nitrogen and oxygen atoms in total. The number of hydrogen-bond donors (Lipinski definition) is 0. The summed E-state index contributed by atoms with van der Waals surface area (Å²) in [5.41, 5.74) is 1.39. The van der Waals surface area contributed by atoms with E-state index < -0.39 is 0 Å². The van der Waals surface area contributed by atoms with Gasteiger partial charge in [0.1, 0.15) is 0 Å². The molecule has 25 heavy (non-hydrogen) atoms. The lowest BCUT2D eigenvalue weighted by atomic mass is 10.2. The molecule has 7 heteroatoms. The van der Waals surface area contributed by atoms with Crippen LogP contribution in [0.4, 0.5) is 0 Å². The fraction of sp³-hybridized carbons (Fsp3) is 0.111. The summed E-state index contributed by atoms with van der Waals surface area (Å²) in [5.74, 6) is 0.568. The predicted molar refractivity (Wildman–Crippen MR) is 107 cm³/mol. The lowest BCUT2D eigenvalue weighted by molar-refractivity contribution is 0.671. The Morgan fingerprint density at radius 2 is 1.84 bits per heavy atom. The number of allylic oxidation sites excluding steroid dienone is 1. The standard InChI is InChI=1S/C18H13Cl3N2OS/c1-2-7-23-17(24)14-8-12(19)5-6-16(14)22-18(23)25-10-11-3-4-13(20)9-15(11)21/h2-6,8-9H,1,7,10H2. The van der Waals surface area contributed by atoms with E-state index in [4.69, 9.17) is 34.8 Å². The number of nitrogens with zero attached hydrogens (tertiary/aromatic N) is 2. The van der Waals surface area contributed by atoms with Gasteiger partial charge >= 0.3 is 0 Å². The van der Waals surface area contributed by atoms with Crippen LogP contribution in [0.15, 0.2) is 59.0 Å². The molecule has 3 rings (SSSR count). The monoisotopic (exact) mass is 410 g/mol. The maximum Gasteiger partial charge on any atom is 0.262 e. The summed E-state index contributed by atoms with van der Waals surface area (Å²) >= 11 is 19.6. The third kappa shape index (κ3) is 4.04. The molecule has 3 aromatic rings. The van der Waals surface area contributed by atoms with Gasteiger partial charge in [0.15, 0.2) is 5.16 Å². The van der Waals surface area contributed by atoms with E-state index in [-0.39, 0.29) is 5.56 Å². The second-order valence-electron chi connectivity index (χ2n) is 5.28. The van der Waals surface area contributed by atoms with Gasteiger partial charge in [-0.2, -0.15) is 0 Å². The Kier molecular flexibility index (Phi) is 5.74. The summed E-state index contributed by atoms with van der Waals surface area (Å²) in [6, 6.07) is 10.5. The molecule has 0 saturated heterocycles. The van der Waals surface area contributed by atoms with Crippen molar-refractivity contribution in [2.24, 2.45) is 0 Å². The number of thioether (sulfide) groups is 1. The fourth-order valence-electron chi connectivity index (χ4n) is 2.35. The van der Waals surface area contributed by atoms with E-state index in [1.165, 1.54) is 11.8 Å². The second kappa shape index (κ2) is 7.83. The first-order valence-electron chi connectivity index (χ1n) is 7.37. The van der Waals surface area contributed by atoms with E-state index in [1.54, 1.807) is 41.0 Å². The zero-order valence-electron chi connectivity index (χ0n) is 13.0. The molecule has 0 N–H and O–H groups in total. The minimum Gasteiger partial charge on any atom is -0.283 e. The first kappa shape index (κ1) is 18.3. The number of rotatable bonds is 5. The lowest BCUT2D eigenvalue weighted by Crippen LogP contribution is -2.22. The summed E-state index contributed by atoms with van der Waals surface area (Å²) in [7, 11) is 0.